The van der Waals surface area contributed by atoms with Gasteiger partial charge in [0, 0.05) is 23.1 Å². The second-order valence-electron chi connectivity index (χ2n) is 7.15. The molecule has 2 aromatic carbocycles. The van der Waals surface area contributed by atoms with Crippen LogP contribution in [0.3, 0.4) is 0 Å². The SMILES string of the molecule is COc1ccc(C(C)(C)c2ccc3ccccc3n2)cc1Oc1ccccn1. The fourth-order valence-electron chi connectivity index (χ4n) is 3.23. The van der Waals surface area contributed by atoms with Crippen LogP contribution in [0.5, 0.6) is 17.4 Å². The Balaban J connectivity index is 1.75. The molecule has 0 saturated heterocycles. The van der Waals surface area contributed by atoms with Crippen molar-refractivity contribution in [3.63, 3.8) is 0 Å². The number of nitrogens with zero attached hydrogens (tertiary/aromatic N) is 2. The number of hydrogen-bond donors (Lipinski definition) is 0. The number of hydrogen-bond acceptors (Lipinski definition) is 4. The Kier molecular flexibility index (Phi) is 4.70. The van der Waals surface area contributed by atoms with E-state index in [1.807, 2.05) is 48.5 Å². The maximum atomic E-state index is 5.99. The molecule has 0 aliphatic heterocycles. The van der Waals surface area contributed by atoms with Crippen LogP contribution >= 0.6 is 0 Å². The van der Waals surface area contributed by atoms with E-state index in [9.17, 15) is 0 Å². The molecule has 140 valence electrons. The number of para-hydroxylation sites is 1. The number of ether oxygens (including phenoxy) is 2. The molecule has 2 aromatic heterocycles. The Morgan fingerprint density at radius 3 is 2.43 bits per heavy atom. The molecule has 0 N–H and O–H groups in total. The standard InChI is InChI=1S/C24H22N2O2/c1-24(2,22-14-11-17-8-4-5-9-19(17)26-22)18-12-13-20(27-3)21(16-18)28-23-10-6-7-15-25-23/h4-16H,1-3H3. The van der Waals surface area contributed by atoms with Crippen molar-refractivity contribution in [3.05, 3.63) is 90.3 Å². The molecule has 4 rings (SSSR count). The predicted molar refractivity (Wildman–Crippen MR) is 111 cm³/mol. The zero-order chi connectivity index (χ0) is 19.6. The van der Waals surface area contributed by atoms with Crippen LogP contribution in [0.2, 0.25) is 0 Å². The largest absolute Gasteiger partial charge is 0.493 e. The third-order valence-corrected chi connectivity index (χ3v) is 4.98. The lowest BCUT2D eigenvalue weighted by atomic mass is 9.81. The Morgan fingerprint density at radius 1 is 0.821 bits per heavy atom. The summed E-state index contributed by atoms with van der Waals surface area (Å²) in [7, 11) is 1.64. The zero-order valence-corrected chi connectivity index (χ0v) is 16.2. The van der Waals surface area contributed by atoms with Crippen molar-refractivity contribution in [3.8, 4) is 17.4 Å². The molecule has 4 aromatic rings. The van der Waals surface area contributed by atoms with Gasteiger partial charge in [-0.25, -0.2) is 4.98 Å². The van der Waals surface area contributed by atoms with E-state index >= 15 is 0 Å². The number of rotatable bonds is 5. The van der Waals surface area contributed by atoms with Crippen molar-refractivity contribution in [1.29, 1.82) is 0 Å². The van der Waals surface area contributed by atoms with Crippen molar-refractivity contribution < 1.29 is 9.47 Å². The van der Waals surface area contributed by atoms with Crippen molar-refractivity contribution in [2.45, 2.75) is 19.3 Å². The van der Waals surface area contributed by atoms with Gasteiger partial charge >= 0.3 is 0 Å². The van der Waals surface area contributed by atoms with Gasteiger partial charge in [-0.05, 0) is 35.9 Å². The molecule has 0 atom stereocenters. The average Bonchev–Trinajstić information content (AvgIpc) is 2.74. The number of methoxy groups -OCH3 is 1. The molecular weight excluding hydrogens is 348 g/mol. The smallest absolute Gasteiger partial charge is 0.219 e. The Labute approximate surface area is 164 Å². The van der Waals surface area contributed by atoms with Gasteiger partial charge in [0.25, 0.3) is 0 Å². The molecule has 0 fully saturated rings. The molecule has 0 saturated carbocycles. The van der Waals surface area contributed by atoms with Crippen molar-refractivity contribution in [2.24, 2.45) is 0 Å². The molecular formula is C24H22N2O2. The lowest BCUT2D eigenvalue weighted by Crippen LogP contribution is -2.20. The summed E-state index contributed by atoms with van der Waals surface area (Å²) < 4.78 is 11.5. The van der Waals surface area contributed by atoms with Crippen LogP contribution < -0.4 is 9.47 Å². The van der Waals surface area contributed by atoms with Crippen molar-refractivity contribution in [1.82, 2.24) is 9.97 Å². The van der Waals surface area contributed by atoms with E-state index < -0.39 is 0 Å². The van der Waals surface area contributed by atoms with E-state index in [-0.39, 0.29) is 5.41 Å². The van der Waals surface area contributed by atoms with Gasteiger partial charge in [-0.2, -0.15) is 0 Å². The van der Waals surface area contributed by atoms with Gasteiger partial charge in [-0.15, -0.1) is 0 Å². The summed E-state index contributed by atoms with van der Waals surface area (Å²) in [5.41, 5.74) is 2.77. The van der Waals surface area contributed by atoms with Crippen LogP contribution in [-0.4, -0.2) is 17.1 Å². The second kappa shape index (κ2) is 7.31. The van der Waals surface area contributed by atoms with E-state index in [0.29, 0.717) is 17.4 Å². The van der Waals surface area contributed by atoms with E-state index in [2.05, 4.69) is 43.1 Å². The van der Waals surface area contributed by atoms with Gasteiger partial charge < -0.3 is 9.47 Å². The van der Waals surface area contributed by atoms with Crippen LogP contribution in [-0.2, 0) is 5.41 Å². The van der Waals surface area contributed by atoms with Crippen molar-refractivity contribution >= 4 is 10.9 Å². The number of fused-ring (bicyclic) bond motifs is 1. The summed E-state index contributed by atoms with van der Waals surface area (Å²) in [4.78, 5) is 9.14. The Hall–Kier alpha value is -3.40. The molecule has 0 aliphatic rings. The van der Waals surface area contributed by atoms with Gasteiger partial charge in [-0.3, -0.25) is 4.98 Å². The van der Waals surface area contributed by atoms with Gasteiger partial charge in [-0.1, -0.05) is 50.2 Å². The molecule has 4 nitrogen and oxygen atoms in total. The molecule has 2 heterocycles. The monoisotopic (exact) mass is 370 g/mol. The third kappa shape index (κ3) is 3.41. The van der Waals surface area contributed by atoms with E-state index in [1.54, 1.807) is 13.3 Å². The molecule has 0 bridgehead atoms. The summed E-state index contributed by atoms with van der Waals surface area (Å²) in [5, 5.41) is 1.14. The molecule has 0 amide bonds. The molecule has 28 heavy (non-hydrogen) atoms. The van der Waals surface area contributed by atoms with E-state index in [4.69, 9.17) is 14.5 Å². The maximum Gasteiger partial charge on any atom is 0.219 e. The first-order chi connectivity index (χ1) is 13.6. The highest BCUT2D eigenvalue weighted by Crippen LogP contribution is 2.38. The predicted octanol–water partition coefficient (Wildman–Crippen LogP) is 5.76. The first-order valence-corrected chi connectivity index (χ1v) is 9.21. The quantitative estimate of drug-likeness (QED) is 0.448. The summed E-state index contributed by atoms with van der Waals surface area (Å²) >= 11 is 0. The van der Waals surface area contributed by atoms with E-state index in [0.717, 1.165) is 22.2 Å². The second-order valence-corrected chi connectivity index (χ2v) is 7.15. The minimum absolute atomic E-state index is 0.307. The van der Waals surface area contributed by atoms with Crippen LogP contribution in [0, 0.1) is 0 Å². The summed E-state index contributed by atoms with van der Waals surface area (Å²) in [6.45, 7) is 4.33. The lowest BCUT2D eigenvalue weighted by molar-refractivity contribution is 0.373. The molecule has 0 aliphatic carbocycles. The first kappa shape index (κ1) is 18.0. The minimum atomic E-state index is -0.307. The number of pyridine rings is 2. The topological polar surface area (TPSA) is 44.2 Å². The van der Waals surface area contributed by atoms with Crippen molar-refractivity contribution in [2.75, 3.05) is 7.11 Å². The minimum Gasteiger partial charge on any atom is -0.493 e. The molecule has 0 radical (unpaired) electrons. The maximum absolute atomic E-state index is 5.99. The van der Waals surface area contributed by atoms with Crippen LogP contribution in [0.4, 0.5) is 0 Å². The van der Waals surface area contributed by atoms with Gasteiger partial charge in [0.2, 0.25) is 5.88 Å². The zero-order valence-electron chi connectivity index (χ0n) is 16.2. The van der Waals surface area contributed by atoms with Crippen LogP contribution in [0.1, 0.15) is 25.1 Å². The molecule has 4 heteroatoms. The fraction of sp³-hybridized carbons (Fsp3) is 0.167. The van der Waals surface area contributed by atoms with Crippen LogP contribution in [0.25, 0.3) is 10.9 Å². The van der Waals surface area contributed by atoms with Gasteiger partial charge in [0.1, 0.15) is 0 Å². The summed E-state index contributed by atoms with van der Waals surface area (Å²) in [6.07, 6.45) is 1.70. The van der Waals surface area contributed by atoms with Gasteiger partial charge in [0.15, 0.2) is 11.5 Å². The normalized spacial score (nSPS) is 11.4. The Bertz CT molecular complexity index is 1110. The number of aromatic nitrogens is 2. The fourth-order valence-corrected chi connectivity index (χ4v) is 3.23. The first-order valence-electron chi connectivity index (χ1n) is 9.21. The highest BCUT2D eigenvalue weighted by Gasteiger charge is 2.26. The summed E-state index contributed by atoms with van der Waals surface area (Å²) in [5.74, 6) is 1.82. The average molecular weight is 370 g/mol. The van der Waals surface area contributed by atoms with Crippen LogP contribution in [0.15, 0.2) is 79.0 Å². The summed E-state index contributed by atoms with van der Waals surface area (Å²) in [6, 6.07) is 23.9. The molecule has 0 unspecified atom stereocenters. The Morgan fingerprint density at radius 2 is 1.64 bits per heavy atom. The lowest BCUT2D eigenvalue weighted by Gasteiger charge is -2.26. The molecule has 0 spiro atoms. The number of benzene rings is 2. The highest BCUT2D eigenvalue weighted by atomic mass is 16.5. The third-order valence-electron chi connectivity index (χ3n) is 4.98. The van der Waals surface area contributed by atoms with E-state index in [1.165, 1.54) is 0 Å². The highest BCUT2D eigenvalue weighted by molar-refractivity contribution is 5.78. The van der Waals surface area contributed by atoms with Gasteiger partial charge in [0.05, 0.1) is 18.3 Å².